The lowest BCUT2D eigenvalue weighted by Crippen LogP contribution is -2.37. The van der Waals surface area contributed by atoms with E-state index in [1.807, 2.05) is 21.1 Å². The van der Waals surface area contributed by atoms with E-state index < -0.39 is 32.5 Å². The van der Waals surface area contributed by atoms with Crippen LogP contribution in [-0.2, 0) is 32.7 Å². The van der Waals surface area contributed by atoms with Crippen LogP contribution in [0.5, 0.6) is 0 Å². The van der Waals surface area contributed by atoms with E-state index in [1.54, 1.807) is 0 Å². The van der Waals surface area contributed by atoms with Crippen LogP contribution in [0.2, 0.25) is 0 Å². The molecule has 2 atom stereocenters. The Bertz CT molecular complexity index is 1130. The lowest BCUT2D eigenvalue weighted by Gasteiger charge is -2.28. The number of nitrogens with zero attached hydrogens (tertiary/aromatic N) is 1. The molecule has 0 N–H and O–H groups in total. The molecule has 0 aliphatic carbocycles. The Hall–Kier alpha value is -1.77. The van der Waals surface area contributed by atoms with Gasteiger partial charge in [0.2, 0.25) is 0 Å². The topological polar surface area (TPSA) is 111 Å². The number of hydrogen-bond acceptors (Lipinski definition) is 8. The van der Waals surface area contributed by atoms with Crippen LogP contribution in [0.25, 0.3) is 0 Å². The number of phosphoric ester groups is 1. The quantitative estimate of drug-likeness (QED) is 0.0195. The van der Waals surface area contributed by atoms with Crippen LogP contribution in [0, 0.1) is 0 Å². The van der Waals surface area contributed by atoms with Crippen LogP contribution in [0.4, 0.5) is 0 Å². The first-order valence-electron chi connectivity index (χ1n) is 25.2. The highest BCUT2D eigenvalue weighted by atomic mass is 31.2. The van der Waals surface area contributed by atoms with Gasteiger partial charge in [0.05, 0.1) is 27.7 Å². The molecule has 0 spiro atoms. The van der Waals surface area contributed by atoms with E-state index in [1.165, 1.54) is 122 Å². The molecule has 0 rings (SSSR count). The molecule has 1 unspecified atom stereocenters. The predicted octanol–water partition coefficient (Wildman–Crippen LogP) is 14.2. The molecule has 9 nitrogen and oxygen atoms in total. The fourth-order valence-electron chi connectivity index (χ4n) is 7.02. The van der Waals surface area contributed by atoms with Gasteiger partial charge >= 0.3 is 11.9 Å². The number of ether oxygens (including phenoxy) is 2. The molecule has 0 aromatic carbocycles. The SMILES string of the molecule is CC/C=C/C/C=C/C/C=C/CCCCCCCC(=O)OC[C@H](COP(=O)([O-])OCC[N+](C)(C)C)OC(=O)CCCCCCCCCCCCCCCCCCCCCCCC. The number of rotatable bonds is 46. The van der Waals surface area contributed by atoms with Gasteiger partial charge in [0, 0.05) is 12.8 Å². The first kappa shape index (κ1) is 59.2. The van der Waals surface area contributed by atoms with Gasteiger partial charge in [0.1, 0.15) is 19.8 Å². The second kappa shape index (κ2) is 43.5. The van der Waals surface area contributed by atoms with Crippen molar-refractivity contribution in [2.24, 2.45) is 0 Å². The van der Waals surface area contributed by atoms with Crippen molar-refractivity contribution in [1.29, 1.82) is 0 Å². The van der Waals surface area contributed by atoms with E-state index in [2.05, 4.69) is 50.3 Å². The molecule has 0 aromatic heterocycles. The third-order valence-corrected chi connectivity index (χ3v) is 11.9. The monoisotopic (exact) mass is 882 g/mol. The number of hydrogen-bond donors (Lipinski definition) is 0. The first-order chi connectivity index (χ1) is 29.5. The molecule has 0 saturated carbocycles. The normalized spacial score (nSPS) is 13.7. The predicted molar refractivity (Wildman–Crippen MR) is 254 cm³/mol. The summed E-state index contributed by atoms with van der Waals surface area (Å²) in [7, 11) is 1.16. The highest BCUT2D eigenvalue weighted by Crippen LogP contribution is 2.38. The number of phosphoric acid groups is 1. The van der Waals surface area contributed by atoms with E-state index >= 15 is 0 Å². The fraction of sp³-hybridized carbons (Fsp3) is 0.843. The van der Waals surface area contributed by atoms with Crippen LogP contribution >= 0.6 is 7.82 Å². The van der Waals surface area contributed by atoms with E-state index in [0.717, 1.165) is 64.2 Å². The highest BCUT2D eigenvalue weighted by molar-refractivity contribution is 7.45. The molecule has 0 bridgehead atoms. The van der Waals surface area contributed by atoms with Crippen molar-refractivity contribution < 1.29 is 42.1 Å². The van der Waals surface area contributed by atoms with E-state index in [4.69, 9.17) is 18.5 Å². The van der Waals surface area contributed by atoms with Crippen LogP contribution in [-0.4, -0.2) is 70.0 Å². The standard InChI is InChI=1S/C51H96NO8P/c1-6-8-10-12-14-16-18-20-22-23-24-25-26-27-28-30-32-34-36-38-40-42-44-51(54)60-49(48-59-61(55,56)58-46-45-52(3,4)5)47-57-50(53)43-41-39-37-35-33-31-29-21-19-17-15-13-11-9-7-2/h9,11,15,17,21,29,49H,6-8,10,12-14,16,18-20,22-28,30-48H2,1-5H3/b11-9+,17-15+,29-21+/t49-/m1/s1. The van der Waals surface area contributed by atoms with Crippen molar-refractivity contribution in [3.8, 4) is 0 Å². The zero-order valence-corrected chi connectivity index (χ0v) is 41.3. The van der Waals surface area contributed by atoms with Crippen molar-refractivity contribution in [1.82, 2.24) is 0 Å². The Balaban J connectivity index is 4.22. The number of likely N-dealkylation sites (N-methyl/N-ethyl adjacent to an activating group) is 1. The molecule has 0 fully saturated rings. The van der Waals surface area contributed by atoms with Gasteiger partial charge in [-0.15, -0.1) is 0 Å². The Morgan fingerprint density at radius 2 is 0.934 bits per heavy atom. The Morgan fingerprint density at radius 1 is 0.525 bits per heavy atom. The second-order valence-corrected chi connectivity index (χ2v) is 19.6. The van der Waals surface area contributed by atoms with Crippen molar-refractivity contribution in [2.45, 2.75) is 232 Å². The van der Waals surface area contributed by atoms with Gasteiger partial charge in [0.15, 0.2) is 6.10 Å². The summed E-state index contributed by atoms with van der Waals surface area (Å²) in [6, 6.07) is 0. The highest BCUT2D eigenvalue weighted by Gasteiger charge is 2.21. The first-order valence-corrected chi connectivity index (χ1v) is 26.7. The minimum Gasteiger partial charge on any atom is -0.756 e. The molecule has 0 aromatic rings. The molecule has 0 radical (unpaired) electrons. The van der Waals surface area contributed by atoms with Gasteiger partial charge in [-0.3, -0.25) is 14.2 Å². The van der Waals surface area contributed by atoms with Crippen molar-refractivity contribution >= 4 is 19.8 Å². The van der Waals surface area contributed by atoms with Gasteiger partial charge in [-0.1, -0.05) is 204 Å². The maximum absolute atomic E-state index is 12.7. The zero-order chi connectivity index (χ0) is 45.0. The van der Waals surface area contributed by atoms with E-state index in [0.29, 0.717) is 23.9 Å². The Kier molecular flexibility index (Phi) is 42.2. The number of unbranched alkanes of at least 4 members (excludes halogenated alkanes) is 26. The third-order valence-electron chi connectivity index (χ3n) is 10.9. The molecule has 0 saturated heterocycles. The summed E-state index contributed by atoms with van der Waals surface area (Å²) < 4.78 is 34.0. The van der Waals surface area contributed by atoms with Crippen LogP contribution in [0.3, 0.4) is 0 Å². The summed E-state index contributed by atoms with van der Waals surface area (Å²) in [6.45, 7) is 4.13. The summed E-state index contributed by atoms with van der Waals surface area (Å²) in [5.41, 5.74) is 0. The average Bonchev–Trinajstić information content (AvgIpc) is 3.21. The molecule has 0 aliphatic rings. The van der Waals surface area contributed by atoms with Gasteiger partial charge < -0.3 is 27.9 Å². The van der Waals surface area contributed by atoms with E-state index in [-0.39, 0.29) is 26.1 Å². The lowest BCUT2D eigenvalue weighted by molar-refractivity contribution is -0.870. The van der Waals surface area contributed by atoms with E-state index in [9.17, 15) is 19.0 Å². The van der Waals surface area contributed by atoms with Gasteiger partial charge in [-0.05, 0) is 44.9 Å². The molecule has 358 valence electrons. The number of esters is 2. The zero-order valence-electron chi connectivity index (χ0n) is 40.4. The molecule has 10 heteroatoms. The Labute approximate surface area is 376 Å². The molecule has 0 amide bonds. The number of carbonyl (C=O) groups excluding carboxylic acids is 2. The summed E-state index contributed by atoms with van der Waals surface area (Å²) >= 11 is 0. The maximum atomic E-state index is 12.7. The molecular weight excluding hydrogens is 786 g/mol. The summed E-state index contributed by atoms with van der Waals surface area (Å²) in [5.74, 6) is -0.845. The molecular formula is C51H96NO8P. The molecule has 0 heterocycles. The van der Waals surface area contributed by atoms with Gasteiger partial charge in [0.25, 0.3) is 7.82 Å². The molecule has 61 heavy (non-hydrogen) atoms. The largest absolute Gasteiger partial charge is 0.756 e. The number of allylic oxidation sites excluding steroid dienone is 6. The fourth-order valence-corrected chi connectivity index (χ4v) is 7.75. The Morgan fingerprint density at radius 3 is 1.39 bits per heavy atom. The van der Waals surface area contributed by atoms with Crippen molar-refractivity contribution in [3.05, 3.63) is 36.5 Å². The minimum atomic E-state index is -4.63. The minimum absolute atomic E-state index is 0.0328. The summed E-state index contributed by atoms with van der Waals surface area (Å²) in [4.78, 5) is 37.7. The van der Waals surface area contributed by atoms with Gasteiger partial charge in [-0.2, -0.15) is 0 Å². The van der Waals surface area contributed by atoms with Crippen molar-refractivity contribution in [3.63, 3.8) is 0 Å². The smallest absolute Gasteiger partial charge is 0.306 e. The summed E-state index contributed by atoms with van der Waals surface area (Å²) in [6.07, 6.45) is 50.4. The third kappa shape index (κ3) is 47.5. The van der Waals surface area contributed by atoms with Crippen LogP contribution in [0.15, 0.2) is 36.5 Å². The number of carbonyl (C=O) groups is 2. The van der Waals surface area contributed by atoms with Crippen LogP contribution in [0.1, 0.15) is 226 Å². The second-order valence-electron chi connectivity index (χ2n) is 18.2. The number of quaternary nitrogens is 1. The van der Waals surface area contributed by atoms with Crippen molar-refractivity contribution in [2.75, 3.05) is 47.5 Å². The summed E-state index contributed by atoms with van der Waals surface area (Å²) in [5, 5.41) is 0. The average molecular weight is 882 g/mol. The molecule has 0 aliphatic heterocycles. The lowest BCUT2D eigenvalue weighted by atomic mass is 10.0. The maximum Gasteiger partial charge on any atom is 0.306 e. The van der Waals surface area contributed by atoms with Crippen LogP contribution < -0.4 is 4.89 Å². The van der Waals surface area contributed by atoms with Gasteiger partial charge in [-0.25, -0.2) is 0 Å².